The summed E-state index contributed by atoms with van der Waals surface area (Å²) in [6.07, 6.45) is 0.946. The molecule has 6 nitrogen and oxygen atoms in total. The molecule has 0 bridgehead atoms. The number of anilines is 1. The van der Waals surface area contributed by atoms with Crippen LogP contribution in [0.4, 0.5) is 10.1 Å². The Morgan fingerprint density at radius 1 is 0.957 bits per heavy atom. The van der Waals surface area contributed by atoms with Gasteiger partial charge in [-0.1, -0.05) is 0 Å². The van der Waals surface area contributed by atoms with E-state index in [-0.39, 0.29) is 9.79 Å². The van der Waals surface area contributed by atoms with Crippen molar-refractivity contribution in [2.45, 2.75) is 9.79 Å². The van der Waals surface area contributed by atoms with Gasteiger partial charge in [-0.05, 0) is 42.5 Å². The summed E-state index contributed by atoms with van der Waals surface area (Å²) in [6.45, 7) is 0. The van der Waals surface area contributed by atoms with E-state index in [1.165, 1.54) is 31.4 Å². The van der Waals surface area contributed by atoms with Gasteiger partial charge in [-0.3, -0.25) is 4.72 Å². The number of benzene rings is 2. The fraction of sp³-hybridized carbons (Fsp3) is 0.143. The molecule has 0 saturated carbocycles. The van der Waals surface area contributed by atoms with Crippen LogP contribution in [-0.2, 0) is 19.9 Å². The topological polar surface area (TPSA) is 89.5 Å². The van der Waals surface area contributed by atoms with Crippen LogP contribution in [0.1, 0.15) is 0 Å². The summed E-state index contributed by atoms with van der Waals surface area (Å²) in [5.74, 6) is -0.413. The van der Waals surface area contributed by atoms with Crippen molar-refractivity contribution in [2.75, 3.05) is 18.1 Å². The van der Waals surface area contributed by atoms with E-state index < -0.39 is 31.4 Å². The Balaban J connectivity index is 2.40. The van der Waals surface area contributed by atoms with Crippen molar-refractivity contribution in [1.29, 1.82) is 0 Å². The number of methoxy groups -OCH3 is 1. The number of ether oxygens (including phenoxy) is 1. The van der Waals surface area contributed by atoms with Crippen molar-refractivity contribution in [2.24, 2.45) is 0 Å². The smallest absolute Gasteiger partial charge is 0.261 e. The molecule has 0 heterocycles. The number of sulfonamides is 1. The van der Waals surface area contributed by atoms with Crippen LogP contribution in [0.2, 0.25) is 0 Å². The Labute approximate surface area is 133 Å². The summed E-state index contributed by atoms with van der Waals surface area (Å²) in [6, 6.07) is 8.36. The highest BCUT2D eigenvalue weighted by Crippen LogP contribution is 2.23. The highest BCUT2D eigenvalue weighted by atomic mass is 32.2. The van der Waals surface area contributed by atoms with Gasteiger partial charge in [0.15, 0.2) is 9.84 Å². The summed E-state index contributed by atoms with van der Waals surface area (Å²) in [4.78, 5) is -0.297. The van der Waals surface area contributed by atoms with Crippen LogP contribution in [0.15, 0.2) is 52.3 Å². The van der Waals surface area contributed by atoms with E-state index in [4.69, 9.17) is 4.74 Å². The van der Waals surface area contributed by atoms with E-state index >= 15 is 0 Å². The average Bonchev–Trinajstić information content (AvgIpc) is 2.48. The van der Waals surface area contributed by atoms with Gasteiger partial charge in [0.1, 0.15) is 11.6 Å². The third-order valence-electron chi connectivity index (χ3n) is 2.98. The van der Waals surface area contributed by atoms with Crippen LogP contribution in [0.3, 0.4) is 0 Å². The van der Waals surface area contributed by atoms with E-state index in [2.05, 4.69) is 0 Å². The van der Waals surface area contributed by atoms with Gasteiger partial charge in [-0.15, -0.1) is 0 Å². The van der Waals surface area contributed by atoms with Crippen LogP contribution >= 0.6 is 0 Å². The lowest BCUT2D eigenvalue weighted by Crippen LogP contribution is -2.14. The van der Waals surface area contributed by atoms with E-state index in [1.54, 1.807) is 0 Å². The predicted octanol–water partition coefficient (Wildman–Crippen LogP) is 2.04. The lowest BCUT2D eigenvalue weighted by Gasteiger charge is -2.10. The summed E-state index contributed by atoms with van der Waals surface area (Å²) >= 11 is 0. The number of nitrogens with one attached hydrogen (secondary N) is 1. The van der Waals surface area contributed by atoms with Crippen molar-refractivity contribution in [3.63, 3.8) is 0 Å². The second-order valence-electron chi connectivity index (χ2n) is 4.69. The average molecular weight is 359 g/mol. The summed E-state index contributed by atoms with van der Waals surface area (Å²) in [5, 5.41) is 0. The zero-order valence-electron chi connectivity index (χ0n) is 12.3. The summed E-state index contributed by atoms with van der Waals surface area (Å²) < 4.78 is 68.2. The molecular formula is C14H14FNO5S2. The van der Waals surface area contributed by atoms with Crippen LogP contribution in [0, 0.1) is 5.82 Å². The first-order valence-electron chi connectivity index (χ1n) is 6.30. The Hall–Kier alpha value is -2.13. The fourth-order valence-corrected chi connectivity index (χ4v) is 3.48. The summed E-state index contributed by atoms with van der Waals surface area (Å²) in [5.41, 5.74) is -0.441. The highest BCUT2D eigenvalue weighted by Gasteiger charge is 2.18. The molecule has 0 aliphatic carbocycles. The molecule has 0 aliphatic heterocycles. The van der Waals surface area contributed by atoms with E-state index in [9.17, 15) is 21.2 Å². The van der Waals surface area contributed by atoms with Crippen molar-refractivity contribution in [3.8, 4) is 5.75 Å². The minimum atomic E-state index is -4.06. The minimum Gasteiger partial charge on any atom is -0.497 e. The molecule has 0 aliphatic rings. The quantitative estimate of drug-likeness (QED) is 0.825. The molecule has 0 spiro atoms. The second-order valence-corrected chi connectivity index (χ2v) is 8.39. The Kier molecular flexibility index (Phi) is 4.62. The molecule has 0 unspecified atom stereocenters. The van der Waals surface area contributed by atoms with Crippen molar-refractivity contribution < 1.29 is 26.0 Å². The number of sulfone groups is 1. The molecule has 2 rings (SSSR count). The Morgan fingerprint density at radius 2 is 1.52 bits per heavy atom. The molecule has 1 N–H and O–H groups in total. The zero-order chi connectivity index (χ0) is 17.3. The van der Waals surface area contributed by atoms with Gasteiger partial charge in [-0.2, -0.15) is 0 Å². The van der Waals surface area contributed by atoms with Gasteiger partial charge >= 0.3 is 0 Å². The van der Waals surface area contributed by atoms with Crippen LogP contribution in [-0.4, -0.2) is 30.2 Å². The maximum Gasteiger partial charge on any atom is 0.261 e. The maximum absolute atomic E-state index is 13.8. The molecule has 0 fully saturated rings. The van der Waals surface area contributed by atoms with Crippen molar-refractivity contribution >= 4 is 25.5 Å². The van der Waals surface area contributed by atoms with Crippen LogP contribution in [0.25, 0.3) is 0 Å². The van der Waals surface area contributed by atoms with E-state index in [0.717, 1.165) is 24.5 Å². The molecule has 0 aromatic heterocycles. The maximum atomic E-state index is 13.8. The van der Waals surface area contributed by atoms with Gasteiger partial charge < -0.3 is 4.74 Å². The zero-order valence-corrected chi connectivity index (χ0v) is 13.9. The minimum absolute atomic E-state index is 0.109. The molecule has 0 atom stereocenters. The molecule has 9 heteroatoms. The first-order valence-corrected chi connectivity index (χ1v) is 9.67. The molecule has 23 heavy (non-hydrogen) atoms. The lowest BCUT2D eigenvalue weighted by molar-refractivity contribution is 0.414. The highest BCUT2D eigenvalue weighted by molar-refractivity contribution is 7.92. The van der Waals surface area contributed by atoms with Gasteiger partial charge in [0.25, 0.3) is 10.0 Å². The van der Waals surface area contributed by atoms with E-state index in [1.807, 2.05) is 4.72 Å². The van der Waals surface area contributed by atoms with Crippen molar-refractivity contribution in [3.05, 3.63) is 48.3 Å². The Bertz CT molecular complexity index is 922. The fourth-order valence-electron chi connectivity index (χ4n) is 1.77. The molecule has 0 saturated heterocycles. The Morgan fingerprint density at radius 3 is 2.04 bits per heavy atom. The molecule has 2 aromatic rings. The second kappa shape index (κ2) is 6.17. The largest absolute Gasteiger partial charge is 0.497 e. The normalized spacial score (nSPS) is 12.0. The van der Waals surface area contributed by atoms with E-state index in [0.29, 0.717) is 5.75 Å². The van der Waals surface area contributed by atoms with Gasteiger partial charge in [0.05, 0.1) is 22.6 Å². The standard InChI is InChI=1S/C14H14FNO5S2/c1-21-10-3-5-11(6-4-10)23(19,20)16-14-9-12(22(2,17)18)7-8-13(14)15/h3-9,16H,1-2H3. The van der Waals surface area contributed by atoms with Gasteiger partial charge in [0, 0.05) is 6.26 Å². The predicted molar refractivity (Wildman–Crippen MR) is 83.3 cm³/mol. The first-order chi connectivity index (χ1) is 10.6. The number of rotatable bonds is 5. The first kappa shape index (κ1) is 17.2. The third kappa shape index (κ3) is 3.99. The molecule has 124 valence electrons. The third-order valence-corrected chi connectivity index (χ3v) is 5.47. The van der Waals surface area contributed by atoms with Gasteiger partial charge in [-0.25, -0.2) is 21.2 Å². The number of halogens is 1. The lowest BCUT2D eigenvalue weighted by atomic mass is 10.3. The molecule has 0 amide bonds. The number of hydrogen-bond donors (Lipinski definition) is 1. The molecule has 2 aromatic carbocycles. The SMILES string of the molecule is COc1ccc(S(=O)(=O)Nc2cc(S(C)(=O)=O)ccc2F)cc1. The molecule has 0 radical (unpaired) electrons. The van der Waals surface area contributed by atoms with Crippen molar-refractivity contribution in [1.82, 2.24) is 0 Å². The summed E-state index contributed by atoms with van der Waals surface area (Å²) in [7, 11) is -6.21. The monoisotopic (exact) mass is 359 g/mol. The number of hydrogen-bond acceptors (Lipinski definition) is 5. The van der Waals surface area contributed by atoms with Gasteiger partial charge in [0.2, 0.25) is 0 Å². The van der Waals surface area contributed by atoms with Crippen LogP contribution in [0.5, 0.6) is 5.75 Å². The molecular weight excluding hydrogens is 345 g/mol. The van der Waals surface area contributed by atoms with Crippen LogP contribution < -0.4 is 9.46 Å².